The smallest absolute Gasteiger partial charge is 0.203 e. The van der Waals surface area contributed by atoms with Gasteiger partial charge in [-0.3, -0.25) is 0 Å². The first kappa shape index (κ1) is 23.6. The van der Waals surface area contributed by atoms with Crippen molar-refractivity contribution >= 4 is 0 Å². The van der Waals surface area contributed by atoms with Crippen LogP contribution in [-0.4, -0.2) is 42.7 Å². The van der Waals surface area contributed by atoms with Crippen LogP contribution in [0.5, 0.6) is 34.5 Å². The van der Waals surface area contributed by atoms with E-state index < -0.39 is 12.2 Å². The molecule has 2 aromatic carbocycles. The van der Waals surface area contributed by atoms with Gasteiger partial charge in [0.1, 0.15) is 12.2 Å². The summed E-state index contributed by atoms with van der Waals surface area (Å²) in [6.07, 6.45) is 9.95. The zero-order valence-corrected chi connectivity index (χ0v) is 18.5. The van der Waals surface area contributed by atoms with Gasteiger partial charge in [0.05, 0.1) is 42.7 Å². The summed E-state index contributed by atoms with van der Waals surface area (Å²) in [5.74, 6) is 7.92. The second kappa shape index (κ2) is 10.9. The second-order valence-electron chi connectivity index (χ2n) is 6.15. The van der Waals surface area contributed by atoms with Gasteiger partial charge < -0.3 is 33.2 Å². The first-order chi connectivity index (χ1) is 15.0. The predicted octanol–water partition coefficient (Wildman–Crippen LogP) is 3.80. The molecule has 0 aliphatic carbocycles. The molecule has 2 atom stereocenters. The molecule has 164 valence electrons. The van der Waals surface area contributed by atoms with Crippen molar-refractivity contribution in [3.63, 3.8) is 0 Å². The lowest BCUT2D eigenvalue weighted by atomic mass is 10.1. The summed E-state index contributed by atoms with van der Waals surface area (Å²) in [4.78, 5) is 0. The standard InChI is InChI=1S/C24H26O7/c1-9-17(15-11-19(25-3)23(29-7)20(12-15)26-4)31-18(10-2)16-13-21(27-5)24(30-8)22(14-16)28-6/h1-2,11-14,17-18H,3-8H3. The zero-order chi connectivity index (χ0) is 23.0. The molecule has 0 saturated heterocycles. The fourth-order valence-corrected chi connectivity index (χ4v) is 3.07. The lowest BCUT2D eigenvalue weighted by Gasteiger charge is -2.22. The van der Waals surface area contributed by atoms with Crippen LogP contribution in [0.4, 0.5) is 0 Å². The second-order valence-corrected chi connectivity index (χ2v) is 6.15. The molecule has 0 spiro atoms. The molecule has 7 nitrogen and oxygen atoms in total. The van der Waals surface area contributed by atoms with E-state index in [1.807, 2.05) is 0 Å². The van der Waals surface area contributed by atoms with Gasteiger partial charge in [-0.25, -0.2) is 0 Å². The molecule has 0 radical (unpaired) electrons. The highest BCUT2D eigenvalue weighted by Crippen LogP contribution is 2.43. The van der Waals surface area contributed by atoms with Gasteiger partial charge in [0.15, 0.2) is 23.0 Å². The molecule has 0 saturated carbocycles. The van der Waals surface area contributed by atoms with E-state index in [-0.39, 0.29) is 0 Å². The molecule has 2 unspecified atom stereocenters. The summed E-state index contributed by atoms with van der Waals surface area (Å²) in [6, 6.07) is 6.87. The molecule has 7 heteroatoms. The van der Waals surface area contributed by atoms with Crippen molar-refractivity contribution in [3.8, 4) is 59.2 Å². The van der Waals surface area contributed by atoms with Gasteiger partial charge in [-0.2, -0.15) is 0 Å². The highest BCUT2D eigenvalue weighted by Gasteiger charge is 2.23. The van der Waals surface area contributed by atoms with Crippen LogP contribution in [0.3, 0.4) is 0 Å². The largest absolute Gasteiger partial charge is 0.493 e. The van der Waals surface area contributed by atoms with Gasteiger partial charge in [0, 0.05) is 11.1 Å². The Bertz CT molecular complexity index is 855. The van der Waals surface area contributed by atoms with E-state index >= 15 is 0 Å². The van der Waals surface area contributed by atoms with E-state index in [1.54, 1.807) is 24.3 Å². The van der Waals surface area contributed by atoms with Crippen LogP contribution >= 0.6 is 0 Å². The summed E-state index contributed by atoms with van der Waals surface area (Å²) in [5, 5.41) is 0. The third kappa shape index (κ3) is 4.91. The van der Waals surface area contributed by atoms with Gasteiger partial charge in [-0.05, 0) is 24.3 Å². The molecule has 0 fully saturated rings. The molecule has 0 aromatic heterocycles. The SMILES string of the molecule is C#CC(OC(C#C)c1cc(OC)c(OC)c(OC)c1)c1cc(OC)c(OC)c(OC)c1. The lowest BCUT2D eigenvalue weighted by molar-refractivity contribution is 0.0510. The Balaban J connectivity index is 2.48. The normalized spacial score (nSPS) is 12.0. The summed E-state index contributed by atoms with van der Waals surface area (Å²) in [6.45, 7) is 0. The molecule has 31 heavy (non-hydrogen) atoms. The van der Waals surface area contributed by atoms with E-state index in [0.717, 1.165) is 0 Å². The highest BCUT2D eigenvalue weighted by molar-refractivity contribution is 5.56. The molecule has 0 N–H and O–H groups in total. The minimum Gasteiger partial charge on any atom is -0.493 e. The van der Waals surface area contributed by atoms with E-state index in [9.17, 15) is 0 Å². The molecule has 0 bridgehead atoms. The Morgan fingerprint density at radius 2 is 0.839 bits per heavy atom. The Labute approximate surface area is 183 Å². The van der Waals surface area contributed by atoms with Crippen molar-refractivity contribution in [3.05, 3.63) is 35.4 Å². The van der Waals surface area contributed by atoms with E-state index in [4.69, 9.17) is 46.0 Å². The third-order valence-corrected chi connectivity index (χ3v) is 4.55. The van der Waals surface area contributed by atoms with Gasteiger partial charge in [-0.15, -0.1) is 12.8 Å². The monoisotopic (exact) mass is 426 g/mol. The Kier molecular flexibility index (Phi) is 8.31. The highest BCUT2D eigenvalue weighted by atomic mass is 16.5. The van der Waals surface area contributed by atoms with Crippen molar-refractivity contribution in [2.24, 2.45) is 0 Å². The van der Waals surface area contributed by atoms with Crippen LogP contribution < -0.4 is 28.4 Å². The quantitative estimate of drug-likeness (QED) is 0.536. The van der Waals surface area contributed by atoms with E-state index in [1.165, 1.54) is 42.7 Å². The van der Waals surface area contributed by atoms with Crippen LogP contribution in [0.2, 0.25) is 0 Å². The molecule has 0 aliphatic rings. The minimum absolute atomic E-state index is 0.447. The Morgan fingerprint density at radius 1 is 0.548 bits per heavy atom. The van der Waals surface area contributed by atoms with Gasteiger partial charge in [-0.1, -0.05) is 11.8 Å². The molecule has 2 rings (SSSR count). The molecule has 0 heterocycles. The van der Waals surface area contributed by atoms with Crippen molar-refractivity contribution in [1.82, 2.24) is 0 Å². The number of rotatable bonds is 10. The molecular weight excluding hydrogens is 400 g/mol. The van der Waals surface area contributed by atoms with Crippen LogP contribution in [0.25, 0.3) is 0 Å². The Hall–Kier alpha value is -3.68. The average Bonchev–Trinajstić information content (AvgIpc) is 2.82. The number of methoxy groups -OCH3 is 6. The van der Waals surface area contributed by atoms with Crippen LogP contribution in [0.15, 0.2) is 24.3 Å². The van der Waals surface area contributed by atoms with E-state index in [2.05, 4.69) is 11.8 Å². The number of hydrogen-bond donors (Lipinski definition) is 0. The van der Waals surface area contributed by atoms with Gasteiger partial charge in [0.25, 0.3) is 0 Å². The third-order valence-electron chi connectivity index (χ3n) is 4.55. The van der Waals surface area contributed by atoms with Crippen molar-refractivity contribution in [2.75, 3.05) is 42.7 Å². The fraction of sp³-hybridized carbons (Fsp3) is 0.333. The van der Waals surface area contributed by atoms with Crippen molar-refractivity contribution in [1.29, 1.82) is 0 Å². The molecule has 2 aromatic rings. The lowest BCUT2D eigenvalue weighted by Crippen LogP contribution is -2.10. The van der Waals surface area contributed by atoms with Crippen molar-refractivity contribution in [2.45, 2.75) is 12.2 Å². The van der Waals surface area contributed by atoms with E-state index in [0.29, 0.717) is 45.6 Å². The van der Waals surface area contributed by atoms with Crippen molar-refractivity contribution < 1.29 is 33.2 Å². The number of hydrogen-bond acceptors (Lipinski definition) is 7. The van der Waals surface area contributed by atoms with Crippen LogP contribution in [-0.2, 0) is 4.74 Å². The maximum Gasteiger partial charge on any atom is 0.203 e. The van der Waals surface area contributed by atoms with Crippen LogP contribution in [0, 0.1) is 24.7 Å². The zero-order valence-electron chi connectivity index (χ0n) is 18.5. The first-order valence-corrected chi connectivity index (χ1v) is 9.19. The van der Waals surface area contributed by atoms with Gasteiger partial charge >= 0.3 is 0 Å². The fourth-order valence-electron chi connectivity index (χ4n) is 3.07. The van der Waals surface area contributed by atoms with Gasteiger partial charge in [0.2, 0.25) is 11.5 Å². The summed E-state index contributed by atoms with van der Waals surface area (Å²) < 4.78 is 38.4. The maximum absolute atomic E-state index is 6.09. The summed E-state index contributed by atoms with van der Waals surface area (Å²) in [7, 11) is 9.13. The average molecular weight is 426 g/mol. The summed E-state index contributed by atoms with van der Waals surface area (Å²) in [5.41, 5.74) is 1.23. The number of benzene rings is 2. The Morgan fingerprint density at radius 3 is 1.03 bits per heavy atom. The van der Waals surface area contributed by atoms with Crippen LogP contribution in [0.1, 0.15) is 23.3 Å². The molecule has 0 aliphatic heterocycles. The topological polar surface area (TPSA) is 64.6 Å². The predicted molar refractivity (Wildman–Crippen MR) is 116 cm³/mol. The number of ether oxygens (including phenoxy) is 7. The number of terminal acetylenes is 2. The summed E-state index contributed by atoms with van der Waals surface area (Å²) >= 11 is 0. The molecular formula is C24H26O7. The minimum atomic E-state index is -0.797. The first-order valence-electron chi connectivity index (χ1n) is 9.19. The maximum atomic E-state index is 6.09. The molecule has 0 amide bonds.